The van der Waals surface area contributed by atoms with Crippen molar-refractivity contribution in [1.82, 2.24) is 29.7 Å². The second kappa shape index (κ2) is 11.9. The first kappa shape index (κ1) is 28.6. The Bertz CT molecular complexity index is 1230. The van der Waals surface area contributed by atoms with Crippen molar-refractivity contribution in [3.8, 4) is 5.88 Å². The number of hydrogen-bond donors (Lipinski definition) is 2. The molecule has 3 aliphatic rings. The predicted octanol–water partition coefficient (Wildman–Crippen LogP) is 3.22. The van der Waals surface area contributed by atoms with Gasteiger partial charge in [0.25, 0.3) is 5.92 Å². The number of carbonyl (C=O) groups excluding carboxylic acids is 2. The predicted molar refractivity (Wildman–Crippen MR) is 145 cm³/mol. The van der Waals surface area contributed by atoms with Crippen LogP contribution < -0.4 is 20.3 Å². The van der Waals surface area contributed by atoms with Gasteiger partial charge in [0.1, 0.15) is 18.5 Å². The Hall–Kier alpha value is -3.88. The highest BCUT2D eigenvalue weighted by Crippen LogP contribution is 2.43. The van der Waals surface area contributed by atoms with Gasteiger partial charge in [0.2, 0.25) is 11.8 Å². The Morgan fingerprint density at radius 1 is 1.07 bits per heavy atom. The van der Waals surface area contributed by atoms with Crippen molar-refractivity contribution in [2.75, 3.05) is 62.0 Å². The molecule has 41 heavy (non-hydrogen) atoms. The van der Waals surface area contributed by atoms with Gasteiger partial charge in [0.15, 0.2) is 5.82 Å². The number of carbonyl (C=O) groups is 2. The molecule has 2 aromatic rings. The lowest BCUT2D eigenvalue weighted by atomic mass is 10.00. The number of likely N-dealkylation sites (N-methyl/N-ethyl adjacent to an activating group) is 1. The number of amides is 3. The largest absolute Gasteiger partial charge is 0.477 e. The summed E-state index contributed by atoms with van der Waals surface area (Å²) in [5, 5.41) is 5.10. The summed E-state index contributed by atoms with van der Waals surface area (Å²) >= 11 is 0. The third kappa shape index (κ3) is 6.72. The van der Waals surface area contributed by atoms with E-state index in [4.69, 9.17) is 9.47 Å². The molecule has 222 valence electrons. The van der Waals surface area contributed by atoms with Gasteiger partial charge >= 0.3 is 12.1 Å². The summed E-state index contributed by atoms with van der Waals surface area (Å²) in [6.45, 7) is 4.32. The van der Waals surface area contributed by atoms with E-state index in [1.807, 2.05) is 0 Å². The summed E-state index contributed by atoms with van der Waals surface area (Å²) in [7, 11) is 1.29. The Labute approximate surface area is 236 Å². The highest BCUT2D eigenvalue weighted by Gasteiger charge is 2.50. The van der Waals surface area contributed by atoms with Crippen LogP contribution in [0.5, 0.6) is 5.88 Å². The van der Waals surface area contributed by atoms with Gasteiger partial charge in [-0.2, -0.15) is 4.98 Å². The van der Waals surface area contributed by atoms with Crippen molar-refractivity contribution in [2.24, 2.45) is 0 Å². The Morgan fingerprint density at radius 2 is 1.85 bits per heavy atom. The molecule has 0 unspecified atom stereocenters. The molecule has 0 aromatic carbocycles. The van der Waals surface area contributed by atoms with Crippen molar-refractivity contribution in [1.29, 1.82) is 0 Å². The van der Waals surface area contributed by atoms with Crippen LogP contribution in [0, 0.1) is 0 Å². The number of nitrogens with one attached hydrogen (secondary N) is 2. The number of alkyl halides is 2. The maximum absolute atomic E-state index is 15.0. The average molecular weight is 576 g/mol. The fraction of sp³-hybridized carbons (Fsp3) is 0.615. The van der Waals surface area contributed by atoms with E-state index in [9.17, 15) is 18.4 Å². The fourth-order valence-electron chi connectivity index (χ4n) is 5.21. The minimum Gasteiger partial charge on any atom is -0.477 e. The number of aromatic nitrogens is 4. The van der Waals surface area contributed by atoms with E-state index in [1.54, 1.807) is 11.8 Å². The van der Waals surface area contributed by atoms with E-state index in [-0.39, 0.29) is 42.1 Å². The van der Waals surface area contributed by atoms with E-state index >= 15 is 0 Å². The first-order valence-corrected chi connectivity index (χ1v) is 13.8. The van der Waals surface area contributed by atoms with Crippen LogP contribution in [0.2, 0.25) is 0 Å². The van der Waals surface area contributed by atoms with Crippen molar-refractivity contribution in [3.05, 3.63) is 24.7 Å². The molecule has 2 aliphatic heterocycles. The second-order valence-electron chi connectivity index (χ2n) is 10.5. The second-order valence-corrected chi connectivity index (χ2v) is 10.5. The Kier molecular flexibility index (Phi) is 8.33. The van der Waals surface area contributed by atoms with Crippen LogP contribution in [0.3, 0.4) is 0 Å². The summed E-state index contributed by atoms with van der Waals surface area (Å²) < 4.78 is 40.7. The molecule has 1 aliphatic carbocycles. The summed E-state index contributed by atoms with van der Waals surface area (Å²) in [6.07, 6.45) is 7.28. The third-order valence-corrected chi connectivity index (χ3v) is 7.77. The maximum atomic E-state index is 15.0. The van der Waals surface area contributed by atoms with E-state index in [0.717, 1.165) is 30.8 Å². The van der Waals surface area contributed by atoms with Crippen LogP contribution in [0.1, 0.15) is 39.0 Å². The Morgan fingerprint density at radius 3 is 2.54 bits per heavy atom. The first-order chi connectivity index (χ1) is 19.7. The number of halogens is 2. The normalized spacial score (nSPS) is 21.2. The lowest BCUT2D eigenvalue weighted by molar-refractivity contribution is -0.0760. The topological polar surface area (TPSA) is 138 Å². The van der Waals surface area contributed by atoms with Crippen LogP contribution in [0.4, 0.5) is 36.0 Å². The van der Waals surface area contributed by atoms with Gasteiger partial charge in [0.05, 0.1) is 24.5 Å². The lowest BCUT2D eigenvalue weighted by Crippen LogP contribution is -2.60. The fourth-order valence-corrected chi connectivity index (χ4v) is 5.21. The van der Waals surface area contributed by atoms with E-state index in [1.165, 1.54) is 44.5 Å². The number of ether oxygens (including phenoxy) is 2. The number of likely N-dealkylation sites (tertiary alicyclic amines) is 1. The monoisotopic (exact) mass is 575 g/mol. The molecule has 4 heterocycles. The zero-order valence-electron chi connectivity index (χ0n) is 23.2. The van der Waals surface area contributed by atoms with Crippen LogP contribution in [-0.2, 0) is 4.74 Å². The molecule has 0 bridgehead atoms. The molecule has 5 rings (SSSR count). The van der Waals surface area contributed by atoms with Crippen LogP contribution >= 0.6 is 0 Å². The quantitative estimate of drug-likeness (QED) is 0.458. The molecule has 15 heteroatoms. The minimum absolute atomic E-state index is 0.0322. The van der Waals surface area contributed by atoms with Gasteiger partial charge in [-0.3, -0.25) is 15.5 Å². The van der Waals surface area contributed by atoms with Gasteiger partial charge in [0, 0.05) is 32.8 Å². The van der Waals surface area contributed by atoms with Gasteiger partial charge in [-0.1, -0.05) is 0 Å². The van der Waals surface area contributed by atoms with Crippen LogP contribution in [0.25, 0.3) is 0 Å². The summed E-state index contributed by atoms with van der Waals surface area (Å²) in [4.78, 5) is 46.8. The molecule has 2 N–H and O–H groups in total. The molecule has 3 amide bonds. The standard InChI is InChI=1S/C26H35F2N9O4/c1-3-40-21-15-30-20(14-31-21)33-23(38)35(2)18-16-36(13-9-26(18,27)28)22-29-10-6-19(32-22)34-24(39)41-17-25(7-8-25)37-11-4-5-12-37/h6,10,14-15,18H,3-5,7-9,11-13,16-17H2,1-2H3,(H,30,33,38)(H,29,32,34,39)/t18-/m0/s1. The van der Waals surface area contributed by atoms with Crippen molar-refractivity contribution in [2.45, 2.75) is 56.5 Å². The number of hydrogen-bond acceptors (Lipinski definition) is 10. The molecule has 1 saturated carbocycles. The zero-order chi connectivity index (χ0) is 29.0. The number of urea groups is 1. The van der Waals surface area contributed by atoms with Gasteiger partial charge in [-0.25, -0.2) is 33.3 Å². The van der Waals surface area contributed by atoms with Crippen LogP contribution in [-0.4, -0.2) is 106 Å². The number of piperidine rings is 1. The van der Waals surface area contributed by atoms with Crippen molar-refractivity contribution in [3.63, 3.8) is 0 Å². The number of anilines is 3. The zero-order valence-corrected chi connectivity index (χ0v) is 23.2. The molecular weight excluding hydrogens is 540 g/mol. The molecule has 2 aromatic heterocycles. The molecule has 0 radical (unpaired) electrons. The number of nitrogens with zero attached hydrogens (tertiary/aromatic N) is 7. The van der Waals surface area contributed by atoms with Crippen molar-refractivity contribution < 1.29 is 27.8 Å². The van der Waals surface area contributed by atoms with Crippen molar-refractivity contribution >= 4 is 29.7 Å². The Balaban J connectivity index is 1.18. The molecule has 0 spiro atoms. The molecule has 13 nitrogen and oxygen atoms in total. The summed E-state index contributed by atoms with van der Waals surface area (Å²) in [6, 6.07) is -0.736. The molecule has 3 fully saturated rings. The van der Waals surface area contributed by atoms with E-state index < -0.39 is 30.5 Å². The third-order valence-electron chi connectivity index (χ3n) is 7.77. The number of rotatable bonds is 9. The SMILES string of the molecule is CCOc1cnc(NC(=O)N(C)[C@H]2CN(c3nccc(NC(=O)OCC4(N5CCCC5)CC4)n3)CCC2(F)F)cn1. The molecule has 1 atom stereocenters. The molecule has 2 saturated heterocycles. The summed E-state index contributed by atoms with van der Waals surface area (Å²) in [5.41, 5.74) is -0.0451. The summed E-state index contributed by atoms with van der Waals surface area (Å²) in [5.74, 6) is -2.42. The highest BCUT2D eigenvalue weighted by atomic mass is 19.3. The smallest absolute Gasteiger partial charge is 0.412 e. The maximum Gasteiger partial charge on any atom is 0.412 e. The average Bonchev–Trinajstić information content (AvgIpc) is 3.54. The molecular formula is C26H35F2N9O4. The van der Waals surface area contributed by atoms with E-state index in [0.29, 0.717) is 13.2 Å². The first-order valence-electron chi connectivity index (χ1n) is 13.8. The van der Waals surface area contributed by atoms with Gasteiger partial charge in [-0.15, -0.1) is 0 Å². The minimum atomic E-state index is -3.15. The van der Waals surface area contributed by atoms with Gasteiger partial charge < -0.3 is 19.3 Å². The van der Waals surface area contributed by atoms with E-state index in [2.05, 4.69) is 35.5 Å². The lowest BCUT2D eigenvalue weighted by Gasteiger charge is -2.42. The van der Waals surface area contributed by atoms with Gasteiger partial charge in [-0.05, 0) is 51.8 Å². The van der Waals surface area contributed by atoms with Crippen LogP contribution in [0.15, 0.2) is 24.7 Å². The highest BCUT2D eigenvalue weighted by molar-refractivity contribution is 5.88.